The topological polar surface area (TPSA) is 117 Å². The van der Waals surface area contributed by atoms with Crippen LogP contribution >= 0.6 is 0 Å². The molecule has 1 aromatic carbocycles. The second-order valence-electron chi connectivity index (χ2n) is 6.78. The summed E-state index contributed by atoms with van der Waals surface area (Å²) in [5.74, 6) is -0.822. The van der Waals surface area contributed by atoms with Crippen LogP contribution in [0.1, 0.15) is 40.7 Å². The van der Waals surface area contributed by atoms with E-state index < -0.39 is 11.9 Å². The molecule has 162 valence electrons. The number of nitrogens with zero attached hydrogens (tertiary/aromatic N) is 1. The summed E-state index contributed by atoms with van der Waals surface area (Å²) in [7, 11) is 0. The summed E-state index contributed by atoms with van der Waals surface area (Å²) in [6.07, 6.45) is 10.2. The van der Waals surface area contributed by atoms with Crippen molar-refractivity contribution in [2.24, 2.45) is 5.16 Å². The van der Waals surface area contributed by atoms with E-state index in [0.717, 1.165) is 12.8 Å². The minimum absolute atomic E-state index is 0.0377. The van der Waals surface area contributed by atoms with Gasteiger partial charge in [-0.1, -0.05) is 23.4 Å². The number of nitrogens with one attached hydrogen (secondary N) is 1. The summed E-state index contributed by atoms with van der Waals surface area (Å²) in [5.41, 5.74) is 2.03. The van der Waals surface area contributed by atoms with Gasteiger partial charge in [-0.25, -0.2) is 4.79 Å². The van der Waals surface area contributed by atoms with Gasteiger partial charge in [0, 0.05) is 13.0 Å². The van der Waals surface area contributed by atoms with Crippen molar-refractivity contribution >= 4 is 17.6 Å². The molecule has 3 N–H and O–H groups in total. The van der Waals surface area contributed by atoms with E-state index in [-0.39, 0.29) is 38.5 Å². The molecule has 0 fully saturated rings. The van der Waals surface area contributed by atoms with Crippen LogP contribution in [-0.4, -0.2) is 54.2 Å². The molecule has 0 aromatic heterocycles. The number of phenolic OH excluding ortho intramolecular Hbond substituents is 1. The fourth-order valence-corrected chi connectivity index (χ4v) is 2.95. The van der Waals surface area contributed by atoms with Crippen molar-refractivity contribution in [3.05, 3.63) is 53.1 Å². The maximum Gasteiger partial charge on any atom is 0.338 e. The van der Waals surface area contributed by atoms with Gasteiger partial charge < -0.3 is 25.1 Å². The Labute approximate surface area is 175 Å². The second kappa shape index (κ2) is 12.4. The quantitative estimate of drug-likeness (QED) is 0.385. The molecule has 0 radical (unpaired) electrons. The van der Waals surface area contributed by atoms with Crippen LogP contribution in [0.3, 0.4) is 0 Å². The number of fused-ring (bicyclic) bond motifs is 1. The van der Waals surface area contributed by atoms with Crippen LogP contribution < -0.4 is 5.32 Å². The molecule has 0 unspecified atom stereocenters. The average molecular weight is 416 g/mol. The summed E-state index contributed by atoms with van der Waals surface area (Å²) in [4.78, 5) is 29.4. The van der Waals surface area contributed by atoms with Gasteiger partial charge in [0.15, 0.2) is 6.61 Å². The number of aliphatic hydroxyl groups is 1. The first kappa shape index (κ1) is 23.2. The number of rotatable bonds is 5. The standard InChI is InChI=1S/C22H28N2O6/c1-16-12-19(26)14-17-13-18(24-30-15-20(27)23-9-10-25)8-6-4-2-3-5-7-11-29-22(28)21(16)17/h3,5-6,8,12,14,25-26H,2,4,7,9-11,13,15H2,1H3,(H,23,27)/b5-3+,8-6+,24-18+. The molecule has 2 rings (SSSR count). The lowest BCUT2D eigenvalue weighted by Crippen LogP contribution is -2.29. The van der Waals surface area contributed by atoms with E-state index in [9.17, 15) is 14.7 Å². The van der Waals surface area contributed by atoms with Crippen LogP contribution in [0.5, 0.6) is 5.75 Å². The van der Waals surface area contributed by atoms with Gasteiger partial charge in [0.05, 0.1) is 24.5 Å². The van der Waals surface area contributed by atoms with Gasteiger partial charge in [-0.05, 0) is 55.5 Å². The Balaban J connectivity index is 2.28. The lowest BCUT2D eigenvalue weighted by atomic mass is 9.96. The molecule has 1 heterocycles. The van der Waals surface area contributed by atoms with Gasteiger partial charge >= 0.3 is 5.97 Å². The Morgan fingerprint density at radius 1 is 1.23 bits per heavy atom. The first-order valence-electron chi connectivity index (χ1n) is 9.88. The number of aliphatic hydroxyl groups excluding tert-OH is 1. The molecule has 0 spiro atoms. The Hall–Kier alpha value is -3.13. The van der Waals surface area contributed by atoms with E-state index in [1.165, 1.54) is 12.1 Å². The van der Waals surface area contributed by atoms with Gasteiger partial charge in [0.25, 0.3) is 5.91 Å². The number of ether oxygens (including phenoxy) is 1. The van der Waals surface area contributed by atoms with Crippen molar-refractivity contribution in [3.63, 3.8) is 0 Å². The van der Waals surface area contributed by atoms with Crippen molar-refractivity contribution in [2.45, 2.75) is 32.6 Å². The third kappa shape index (κ3) is 7.71. The van der Waals surface area contributed by atoms with E-state index in [1.807, 2.05) is 18.2 Å². The molecular weight excluding hydrogens is 388 g/mol. The molecule has 1 aliphatic heterocycles. The number of hydrogen-bond donors (Lipinski definition) is 3. The van der Waals surface area contributed by atoms with E-state index in [2.05, 4.69) is 10.5 Å². The van der Waals surface area contributed by atoms with Gasteiger partial charge in [-0.2, -0.15) is 0 Å². The molecule has 1 aliphatic rings. The van der Waals surface area contributed by atoms with Crippen molar-refractivity contribution in [3.8, 4) is 5.75 Å². The molecule has 8 nitrogen and oxygen atoms in total. The number of oxime groups is 1. The van der Waals surface area contributed by atoms with Crippen molar-refractivity contribution in [2.75, 3.05) is 26.4 Å². The highest BCUT2D eigenvalue weighted by Crippen LogP contribution is 2.24. The molecule has 0 bridgehead atoms. The highest BCUT2D eigenvalue weighted by Gasteiger charge is 2.18. The molecule has 0 aliphatic carbocycles. The number of cyclic esters (lactones) is 1. The van der Waals surface area contributed by atoms with Crippen LogP contribution in [0.4, 0.5) is 0 Å². The summed E-state index contributed by atoms with van der Waals surface area (Å²) in [6.45, 7) is 1.69. The highest BCUT2D eigenvalue weighted by molar-refractivity contribution is 6.00. The van der Waals surface area contributed by atoms with Crippen molar-refractivity contribution < 1.29 is 29.4 Å². The van der Waals surface area contributed by atoms with Gasteiger partial charge in [-0.3, -0.25) is 4.79 Å². The maximum atomic E-state index is 12.6. The van der Waals surface area contributed by atoms with E-state index >= 15 is 0 Å². The number of allylic oxidation sites excluding steroid dienone is 3. The van der Waals surface area contributed by atoms with Crippen LogP contribution in [0.15, 0.2) is 41.6 Å². The molecule has 0 atom stereocenters. The first-order valence-corrected chi connectivity index (χ1v) is 9.88. The van der Waals surface area contributed by atoms with Crippen molar-refractivity contribution in [1.29, 1.82) is 0 Å². The second-order valence-corrected chi connectivity index (χ2v) is 6.78. The predicted octanol–water partition coefficient (Wildman–Crippen LogP) is 2.18. The van der Waals surface area contributed by atoms with Crippen LogP contribution in [-0.2, 0) is 20.8 Å². The minimum Gasteiger partial charge on any atom is -0.508 e. The Morgan fingerprint density at radius 3 is 2.80 bits per heavy atom. The van der Waals surface area contributed by atoms with Gasteiger partial charge in [-0.15, -0.1) is 0 Å². The van der Waals surface area contributed by atoms with Gasteiger partial charge in [0.1, 0.15) is 5.75 Å². The lowest BCUT2D eigenvalue weighted by molar-refractivity contribution is -0.125. The molecular formula is C22H28N2O6. The number of esters is 1. The number of carbonyl (C=O) groups excluding carboxylic acids is 2. The fraction of sp³-hybridized carbons (Fsp3) is 0.409. The van der Waals surface area contributed by atoms with Crippen LogP contribution in [0.2, 0.25) is 0 Å². The Bertz CT molecular complexity index is 829. The number of benzene rings is 1. The molecule has 30 heavy (non-hydrogen) atoms. The number of hydrogen-bond acceptors (Lipinski definition) is 7. The number of amides is 1. The smallest absolute Gasteiger partial charge is 0.338 e. The third-order valence-corrected chi connectivity index (χ3v) is 4.28. The number of aromatic hydroxyl groups is 1. The minimum atomic E-state index is -0.458. The summed E-state index contributed by atoms with van der Waals surface area (Å²) < 4.78 is 5.39. The lowest BCUT2D eigenvalue weighted by Gasteiger charge is -2.13. The largest absolute Gasteiger partial charge is 0.508 e. The monoisotopic (exact) mass is 416 g/mol. The summed E-state index contributed by atoms with van der Waals surface area (Å²) >= 11 is 0. The third-order valence-electron chi connectivity index (χ3n) is 4.28. The molecule has 0 saturated heterocycles. The Kier molecular flexibility index (Phi) is 9.60. The highest BCUT2D eigenvalue weighted by atomic mass is 16.6. The number of phenols is 1. The zero-order valence-electron chi connectivity index (χ0n) is 17.1. The Morgan fingerprint density at radius 2 is 2.00 bits per heavy atom. The normalized spacial score (nSPS) is 18.6. The van der Waals surface area contributed by atoms with E-state index in [1.54, 1.807) is 13.0 Å². The molecule has 1 aromatic rings. The zero-order valence-corrected chi connectivity index (χ0v) is 17.1. The van der Waals surface area contributed by atoms with E-state index in [0.29, 0.717) is 28.8 Å². The molecule has 0 saturated carbocycles. The fourth-order valence-electron chi connectivity index (χ4n) is 2.95. The zero-order chi connectivity index (χ0) is 21.8. The molecule has 1 amide bonds. The number of carbonyl (C=O) groups is 2. The van der Waals surface area contributed by atoms with E-state index in [4.69, 9.17) is 14.7 Å². The predicted molar refractivity (Wildman–Crippen MR) is 112 cm³/mol. The SMILES string of the molecule is Cc1cc(O)cc2c1C(=O)OCC/C=C/CC/C=C/C(=N\OCC(=O)NCCO)C2. The van der Waals surface area contributed by atoms with Crippen LogP contribution in [0.25, 0.3) is 0 Å². The summed E-state index contributed by atoms with van der Waals surface area (Å²) in [5, 5.41) is 25.3. The first-order chi connectivity index (χ1) is 14.5. The maximum absolute atomic E-state index is 12.6. The molecule has 8 heteroatoms. The van der Waals surface area contributed by atoms with Gasteiger partial charge in [0.2, 0.25) is 0 Å². The van der Waals surface area contributed by atoms with Crippen molar-refractivity contribution in [1.82, 2.24) is 5.32 Å². The average Bonchev–Trinajstić information content (AvgIpc) is 2.69. The summed E-state index contributed by atoms with van der Waals surface area (Å²) in [6, 6.07) is 3.02. The number of aryl methyl sites for hydroxylation is 1. The van der Waals surface area contributed by atoms with Crippen LogP contribution in [0, 0.1) is 6.92 Å².